The largest absolute Gasteiger partial charge is 1.00 e. The summed E-state index contributed by atoms with van der Waals surface area (Å²) in [4.78, 5) is 0. The van der Waals surface area contributed by atoms with Gasteiger partial charge in [-0.15, -0.1) is 0 Å². The molecule has 2 rings (SSSR count). The molecule has 1 heterocycles. The summed E-state index contributed by atoms with van der Waals surface area (Å²) >= 11 is 0. The van der Waals surface area contributed by atoms with Crippen molar-refractivity contribution in [3.05, 3.63) is 29.8 Å². The lowest BCUT2D eigenvalue weighted by Crippen LogP contribution is -3.00. The maximum atomic E-state index is 5.59. The van der Waals surface area contributed by atoms with Gasteiger partial charge in [0.05, 0.1) is 12.7 Å². The average Bonchev–Trinajstić information content (AvgIpc) is 2.85. The summed E-state index contributed by atoms with van der Waals surface area (Å²) in [5, 5.41) is 3.44. The fourth-order valence-electron chi connectivity index (χ4n) is 2.12. The Kier molecular flexibility index (Phi) is 7.09. The zero-order valence-electron chi connectivity index (χ0n) is 10.8. The summed E-state index contributed by atoms with van der Waals surface area (Å²) in [6.45, 7) is 5.41. The van der Waals surface area contributed by atoms with Gasteiger partial charge in [-0.1, -0.05) is 18.2 Å². The van der Waals surface area contributed by atoms with Crippen LogP contribution in [-0.2, 0) is 11.3 Å². The molecule has 0 radical (unpaired) electrons. The van der Waals surface area contributed by atoms with Crippen molar-refractivity contribution in [2.24, 2.45) is 0 Å². The number of nitrogens with one attached hydrogen (secondary N) is 1. The van der Waals surface area contributed by atoms with E-state index in [0.717, 1.165) is 25.4 Å². The first kappa shape index (κ1) is 15.3. The third-order valence-electron chi connectivity index (χ3n) is 2.98. The fourth-order valence-corrected chi connectivity index (χ4v) is 2.12. The minimum Gasteiger partial charge on any atom is -1.00 e. The number of ether oxygens (including phenoxy) is 2. The van der Waals surface area contributed by atoms with Crippen LogP contribution in [-0.4, -0.2) is 25.9 Å². The van der Waals surface area contributed by atoms with Crippen molar-refractivity contribution >= 4 is 0 Å². The summed E-state index contributed by atoms with van der Waals surface area (Å²) in [5.74, 6) is 0.981. The normalized spacial score (nSPS) is 18.4. The Hall–Kier alpha value is -0.770. The quantitative estimate of drug-likeness (QED) is 0.746. The van der Waals surface area contributed by atoms with Crippen molar-refractivity contribution in [1.82, 2.24) is 5.32 Å². The zero-order valence-corrected chi connectivity index (χ0v) is 11.6. The molecule has 1 fully saturated rings. The highest BCUT2D eigenvalue weighted by molar-refractivity contribution is 5.33. The van der Waals surface area contributed by atoms with Crippen LogP contribution in [0.1, 0.15) is 25.3 Å². The van der Waals surface area contributed by atoms with Crippen molar-refractivity contribution in [2.45, 2.75) is 32.4 Å². The van der Waals surface area contributed by atoms with Gasteiger partial charge in [0.2, 0.25) is 0 Å². The first-order chi connectivity index (χ1) is 8.40. The van der Waals surface area contributed by atoms with Crippen LogP contribution in [0.25, 0.3) is 0 Å². The Balaban J connectivity index is 0.00000162. The molecule has 1 unspecified atom stereocenters. The van der Waals surface area contributed by atoms with E-state index in [9.17, 15) is 0 Å². The fraction of sp³-hybridized carbons (Fsp3) is 0.571. The highest BCUT2D eigenvalue weighted by Crippen LogP contribution is 2.18. The van der Waals surface area contributed by atoms with Crippen LogP contribution in [0, 0.1) is 0 Å². The van der Waals surface area contributed by atoms with E-state index in [2.05, 4.69) is 11.4 Å². The first-order valence-corrected chi connectivity index (χ1v) is 6.43. The number of hydrogen-bond acceptors (Lipinski definition) is 3. The van der Waals surface area contributed by atoms with Crippen molar-refractivity contribution in [2.75, 3.05) is 19.8 Å². The zero-order chi connectivity index (χ0) is 11.9. The van der Waals surface area contributed by atoms with Crippen molar-refractivity contribution in [3.63, 3.8) is 0 Å². The minimum atomic E-state index is 0. The summed E-state index contributed by atoms with van der Waals surface area (Å²) in [6, 6.07) is 8.18. The summed E-state index contributed by atoms with van der Waals surface area (Å²) in [6.07, 6.45) is 2.77. The lowest BCUT2D eigenvalue weighted by Gasteiger charge is -2.13. The third-order valence-corrected chi connectivity index (χ3v) is 2.98. The predicted octanol–water partition coefficient (Wildman–Crippen LogP) is -0.642. The monoisotopic (exact) mass is 270 g/mol. The number of hydrogen-bond donors (Lipinski definition) is 1. The molecule has 3 nitrogen and oxygen atoms in total. The molecule has 1 aromatic carbocycles. The van der Waals surface area contributed by atoms with Crippen LogP contribution in [0.3, 0.4) is 0 Å². The molecular formula is C14H21ClNO2-. The lowest BCUT2D eigenvalue weighted by atomic mass is 10.2. The number of rotatable bonds is 6. The molecule has 0 amide bonds. The molecule has 1 aliphatic heterocycles. The van der Waals surface area contributed by atoms with Crippen molar-refractivity contribution in [3.8, 4) is 5.75 Å². The Labute approximate surface area is 115 Å². The molecule has 1 N–H and O–H groups in total. The highest BCUT2D eigenvalue weighted by Gasteiger charge is 2.14. The minimum absolute atomic E-state index is 0. The van der Waals surface area contributed by atoms with E-state index >= 15 is 0 Å². The maximum absolute atomic E-state index is 5.59. The summed E-state index contributed by atoms with van der Waals surface area (Å²) in [5.41, 5.74) is 1.22. The molecule has 0 aliphatic carbocycles. The van der Waals surface area contributed by atoms with E-state index < -0.39 is 0 Å². The van der Waals surface area contributed by atoms with Gasteiger partial charge >= 0.3 is 0 Å². The van der Waals surface area contributed by atoms with Gasteiger partial charge in [-0.25, -0.2) is 0 Å². The van der Waals surface area contributed by atoms with Gasteiger partial charge in [0, 0.05) is 25.3 Å². The molecule has 4 heteroatoms. The van der Waals surface area contributed by atoms with Crippen LogP contribution in [0.5, 0.6) is 5.75 Å². The van der Waals surface area contributed by atoms with Crippen molar-refractivity contribution < 1.29 is 21.9 Å². The van der Waals surface area contributed by atoms with E-state index in [1.165, 1.54) is 18.4 Å². The molecule has 0 spiro atoms. The van der Waals surface area contributed by atoms with E-state index in [0.29, 0.717) is 12.7 Å². The van der Waals surface area contributed by atoms with Crippen LogP contribution < -0.4 is 22.5 Å². The van der Waals surface area contributed by atoms with Crippen LogP contribution >= 0.6 is 0 Å². The maximum Gasteiger partial charge on any atom is 0.123 e. The van der Waals surface area contributed by atoms with Gasteiger partial charge in [-0.2, -0.15) is 0 Å². The van der Waals surface area contributed by atoms with Gasteiger partial charge in [-0.05, 0) is 25.8 Å². The topological polar surface area (TPSA) is 30.5 Å². The SMILES string of the molecule is CCOc1ccccc1CNCC1CCCO1.[Cl-]. The third kappa shape index (κ3) is 4.48. The Morgan fingerprint density at radius 3 is 2.94 bits per heavy atom. The molecule has 0 saturated carbocycles. The van der Waals surface area contributed by atoms with E-state index in [1.807, 2.05) is 25.1 Å². The molecule has 102 valence electrons. The molecule has 0 aromatic heterocycles. The first-order valence-electron chi connectivity index (χ1n) is 6.43. The molecule has 1 aliphatic rings. The second-order valence-electron chi connectivity index (χ2n) is 4.31. The van der Waals surface area contributed by atoms with E-state index in [1.54, 1.807) is 0 Å². The number of halogens is 1. The van der Waals surface area contributed by atoms with Gasteiger partial charge in [0.1, 0.15) is 5.75 Å². The van der Waals surface area contributed by atoms with Crippen LogP contribution in [0.15, 0.2) is 24.3 Å². The smallest absolute Gasteiger partial charge is 0.123 e. The second-order valence-corrected chi connectivity index (χ2v) is 4.31. The average molecular weight is 271 g/mol. The molecule has 1 saturated heterocycles. The summed E-state index contributed by atoms with van der Waals surface area (Å²) < 4.78 is 11.2. The van der Waals surface area contributed by atoms with Gasteiger partial charge in [-0.3, -0.25) is 0 Å². The molecular weight excluding hydrogens is 250 g/mol. The molecule has 1 aromatic rings. The van der Waals surface area contributed by atoms with E-state index in [-0.39, 0.29) is 12.4 Å². The number of para-hydroxylation sites is 1. The van der Waals surface area contributed by atoms with E-state index in [4.69, 9.17) is 9.47 Å². The Morgan fingerprint density at radius 1 is 1.39 bits per heavy atom. The lowest BCUT2D eigenvalue weighted by molar-refractivity contribution is -0.00000535. The molecule has 0 bridgehead atoms. The van der Waals surface area contributed by atoms with Gasteiger partial charge in [0.15, 0.2) is 0 Å². The van der Waals surface area contributed by atoms with Crippen LogP contribution in [0.4, 0.5) is 0 Å². The molecule has 1 atom stereocenters. The number of benzene rings is 1. The summed E-state index contributed by atoms with van der Waals surface area (Å²) in [7, 11) is 0. The predicted molar refractivity (Wildman–Crippen MR) is 68.3 cm³/mol. The van der Waals surface area contributed by atoms with Gasteiger partial charge < -0.3 is 27.2 Å². The Bertz CT molecular complexity index is 340. The Morgan fingerprint density at radius 2 is 2.22 bits per heavy atom. The molecule has 18 heavy (non-hydrogen) atoms. The second kappa shape index (κ2) is 8.35. The highest BCUT2D eigenvalue weighted by atomic mass is 35.5. The van der Waals surface area contributed by atoms with Gasteiger partial charge in [0.25, 0.3) is 0 Å². The van der Waals surface area contributed by atoms with Crippen LogP contribution in [0.2, 0.25) is 0 Å². The standard InChI is InChI=1S/C14H21NO2.ClH/c1-2-16-14-8-4-3-6-12(14)10-15-11-13-7-5-9-17-13;/h3-4,6,8,13,15H,2,5,7,9-11H2,1H3;1H/p-1. The van der Waals surface area contributed by atoms with Crippen molar-refractivity contribution in [1.29, 1.82) is 0 Å².